The topological polar surface area (TPSA) is 50.4 Å². The first-order chi connectivity index (χ1) is 8.76. The van der Waals surface area contributed by atoms with Crippen molar-refractivity contribution in [2.24, 2.45) is 10.9 Å². The average molecular weight is 260 g/mol. The minimum Gasteiger partial charge on any atom is -0.388 e. The Kier molecular flexibility index (Phi) is 3.85. The summed E-state index contributed by atoms with van der Waals surface area (Å²) in [5.41, 5.74) is 3.49. The second kappa shape index (κ2) is 5.56. The van der Waals surface area contributed by atoms with Crippen molar-refractivity contribution in [1.29, 1.82) is 0 Å². The Morgan fingerprint density at radius 3 is 2.50 bits per heavy atom. The molecule has 2 aromatic rings. The molecule has 0 aliphatic heterocycles. The molecular formula is C14H14ClN3. The van der Waals surface area contributed by atoms with Crippen molar-refractivity contribution in [3.63, 3.8) is 0 Å². The van der Waals surface area contributed by atoms with Crippen LogP contribution in [0.2, 0.25) is 5.02 Å². The molecule has 2 rings (SSSR count). The molecule has 0 unspecified atom stereocenters. The van der Waals surface area contributed by atoms with Gasteiger partial charge in [-0.25, -0.2) is 0 Å². The number of nitrogens with zero attached hydrogens (tertiary/aromatic N) is 1. The van der Waals surface area contributed by atoms with Gasteiger partial charge in [0.15, 0.2) is 0 Å². The lowest BCUT2D eigenvalue weighted by Gasteiger charge is -2.11. The number of benzene rings is 2. The molecule has 0 saturated carbocycles. The van der Waals surface area contributed by atoms with Crippen LogP contribution in [0.1, 0.15) is 11.1 Å². The number of hydrazone groups is 1. The van der Waals surface area contributed by atoms with Gasteiger partial charge in [-0.05, 0) is 18.2 Å². The maximum absolute atomic E-state index is 6.04. The summed E-state index contributed by atoms with van der Waals surface area (Å²) < 4.78 is 0. The van der Waals surface area contributed by atoms with Gasteiger partial charge in [-0.2, -0.15) is 5.10 Å². The standard InChI is InChI=1S/C14H14ClN3/c1-17-13-8-7-11(15)9-12(13)14(18-16)10-5-3-2-4-6-10/h2-9,17H,16H2,1H3. The monoisotopic (exact) mass is 259 g/mol. The Bertz CT molecular complexity index is 565. The summed E-state index contributed by atoms with van der Waals surface area (Å²) in [7, 11) is 1.85. The summed E-state index contributed by atoms with van der Waals surface area (Å²) in [6.45, 7) is 0. The van der Waals surface area contributed by atoms with Gasteiger partial charge < -0.3 is 11.2 Å². The normalized spacial score (nSPS) is 11.3. The van der Waals surface area contributed by atoms with Crippen LogP contribution < -0.4 is 11.2 Å². The van der Waals surface area contributed by atoms with E-state index in [1.165, 1.54) is 0 Å². The van der Waals surface area contributed by atoms with Crippen molar-refractivity contribution in [3.8, 4) is 0 Å². The first-order valence-electron chi connectivity index (χ1n) is 5.57. The first-order valence-corrected chi connectivity index (χ1v) is 5.95. The molecule has 0 fully saturated rings. The van der Waals surface area contributed by atoms with Crippen LogP contribution in [-0.2, 0) is 0 Å². The summed E-state index contributed by atoms with van der Waals surface area (Å²) in [4.78, 5) is 0. The van der Waals surface area contributed by atoms with Gasteiger partial charge in [0.2, 0.25) is 0 Å². The molecule has 0 aliphatic rings. The summed E-state index contributed by atoms with van der Waals surface area (Å²) in [5, 5.41) is 7.66. The second-order valence-corrected chi connectivity index (χ2v) is 4.22. The Morgan fingerprint density at radius 2 is 1.89 bits per heavy atom. The van der Waals surface area contributed by atoms with Gasteiger partial charge in [-0.3, -0.25) is 0 Å². The van der Waals surface area contributed by atoms with E-state index in [0.29, 0.717) is 10.7 Å². The van der Waals surface area contributed by atoms with Gasteiger partial charge in [0, 0.05) is 28.9 Å². The molecular weight excluding hydrogens is 246 g/mol. The van der Waals surface area contributed by atoms with E-state index >= 15 is 0 Å². The Morgan fingerprint density at radius 1 is 1.17 bits per heavy atom. The van der Waals surface area contributed by atoms with E-state index in [1.807, 2.05) is 55.6 Å². The molecule has 0 spiro atoms. The van der Waals surface area contributed by atoms with Gasteiger partial charge in [0.05, 0.1) is 5.71 Å². The van der Waals surface area contributed by atoms with Gasteiger partial charge >= 0.3 is 0 Å². The molecule has 2 aromatic carbocycles. The van der Waals surface area contributed by atoms with Crippen molar-refractivity contribution >= 4 is 23.0 Å². The Labute approximate surface area is 111 Å². The SMILES string of the molecule is CNc1ccc(Cl)cc1C(=NN)c1ccccc1. The second-order valence-electron chi connectivity index (χ2n) is 3.78. The predicted octanol–water partition coefficient (Wildman–Crippen LogP) is 3.09. The van der Waals surface area contributed by atoms with Gasteiger partial charge in [-0.1, -0.05) is 41.9 Å². The molecule has 3 nitrogen and oxygen atoms in total. The molecule has 0 radical (unpaired) electrons. The zero-order chi connectivity index (χ0) is 13.0. The zero-order valence-electron chi connectivity index (χ0n) is 10.0. The van der Waals surface area contributed by atoms with Gasteiger partial charge in [0.1, 0.15) is 0 Å². The van der Waals surface area contributed by atoms with E-state index in [1.54, 1.807) is 0 Å². The smallest absolute Gasteiger partial charge is 0.0992 e. The number of hydrogen-bond acceptors (Lipinski definition) is 3. The third-order valence-electron chi connectivity index (χ3n) is 2.68. The number of nitrogens with one attached hydrogen (secondary N) is 1. The number of halogens is 1. The van der Waals surface area contributed by atoms with Crippen molar-refractivity contribution in [2.75, 3.05) is 12.4 Å². The molecule has 0 bridgehead atoms. The fraction of sp³-hybridized carbons (Fsp3) is 0.0714. The summed E-state index contributed by atoms with van der Waals surface area (Å²) in [5.74, 6) is 5.53. The lowest BCUT2D eigenvalue weighted by Crippen LogP contribution is -2.09. The number of nitrogens with two attached hydrogens (primary N) is 1. The molecule has 0 saturated heterocycles. The van der Waals surface area contributed by atoms with E-state index in [9.17, 15) is 0 Å². The predicted molar refractivity (Wildman–Crippen MR) is 77.3 cm³/mol. The van der Waals surface area contributed by atoms with E-state index in [0.717, 1.165) is 16.8 Å². The number of rotatable bonds is 3. The highest BCUT2D eigenvalue weighted by molar-refractivity contribution is 6.31. The molecule has 0 aromatic heterocycles. The fourth-order valence-corrected chi connectivity index (χ4v) is 2.00. The lowest BCUT2D eigenvalue weighted by molar-refractivity contribution is 1.24. The number of hydrogen-bond donors (Lipinski definition) is 2. The van der Waals surface area contributed by atoms with E-state index in [2.05, 4.69) is 10.4 Å². The largest absolute Gasteiger partial charge is 0.388 e. The summed E-state index contributed by atoms with van der Waals surface area (Å²) >= 11 is 6.04. The van der Waals surface area contributed by atoms with Crippen molar-refractivity contribution in [2.45, 2.75) is 0 Å². The van der Waals surface area contributed by atoms with Crippen LogP contribution in [0, 0.1) is 0 Å². The van der Waals surface area contributed by atoms with Crippen LogP contribution in [0.25, 0.3) is 0 Å². The molecule has 4 heteroatoms. The highest BCUT2D eigenvalue weighted by Crippen LogP contribution is 2.23. The minimum absolute atomic E-state index is 0.654. The van der Waals surface area contributed by atoms with Crippen molar-refractivity contribution < 1.29 is 0 Å². The maximum Gasteiger partial charge on any atom is 0.0992 e. The van der Waals surface area contributed by atoms with E-state index < -0.39 is 0 Å². The Balaban J connectivity index is 2.56. The quantitative estimate of drug-likeness (QED) is 0.506. The average Bonchev–Trinajstić information content (AvgIpc) is 2.41. The molecule has 0 aliphatic carbocycles. The van der Waals surface area contributed by atoms with Crippen LogP contribution in [0.3, 0.4) is 0 Å². The summed E-state index contributed by atoms with van der Waals surface area (Å²) in [6.07, 6.45) is 0. The van der Waals surface area contributed by atoms with Crippen LogP contribution in [-0.4, -0.2) is 12.8 Å². The highest BCUT2D eigenvalue weighted by Gasteiger charge is 2.11. The van der Waals surface area contributed by atoms with Crippen LogP contribution in [0.4, 0.5) is 5.69 Å². The van der Waals surface area contributed by atoms with Crippen molar-refractivity contribution in [1.82, 2.24) is 0 Å². The van der Waals surface area contributed by atoms with E-state index in [4.69, 9.17) is 17.4 Å². The Hall–Kier alpha value is -2.00. The van der Waals surface area contributed by atoms with Crippen LogP contribution in [0.15, 0.2) is 53.6 Å². The van der Waals surface area contributed by atoms with Gasteiger partial charge in [0.25, 0.3) is 0 Å². The molecule has 92 valence electrons. The summed E-state index contributed by atoms with van der Waals surface area (Å²) in [6, 6.07) is 15.4. The minimum atomic E-state index is 0.654. The third-order valence-corrected chi connectivity index (χ3v) is 2.92. The fourth-order valence-electron chi connectivity index (χ4n) is 1.83. The van der Waals surface area contributed by atoms with Gasteiger partial charge in [-0.15, -0.1) is 0 Å². The third kappa shape index (κ3) is 2.46. The molecule has 3 N–H and O–H groups in total. The lowest BCUT2D eigenvalue weighted by atomic mass is 10.0. The number of anilines is 1. The van der Waals surface area contributed by atoms with Crippen molar-refractivity contribution in [3.05, 3.63) is 64.7 Å². The molecule has 0 atom stereocenters. The van der Waals surface area contributed by atoms with E-state index in [-0.39, 0.29) is 0 Å². The highest BCUT2D eigenvalue weighted by atomic mass is 35.5. The molecule has 0 heterocycles. The van der Waals surface area contributed by atoms with Crippen LogP contribution in [0.5, 0.6) is 0 Å². The van der Waals surface area contributed by atoms with Crippen LogP contribution >= 0.6 is 11.6 Å². The zero-order valence-corrected chi connectivity index (χ0v) is 10.8. The maximum atomic E-state index is 6.04. The first kappa shape index (κ1) is 12.5. The molecule has 18 heavy (non-hydrogen) atoms. The molecule has 0 amide bonds.